The van der Waals surface area contributed by atoms with Crippen LogP contribution in [0.15, 0.2) is 65.3 Å². The molecule has 0 unspecified atom stereocenters. The molecule has 156 valence electrons. The minimum atomic E-state index is 0.521. The van der Waals surface area contributed by atoms with Gasteiger partial charge in [-0.1, -0.05) is 35.9 Å². The number of nitrogens with zero attached hydrogens (tertiary/aromatic N) is 5. The number of benzene rings is 3. The van der Waals surface area contributed by atoms with Gasteiger partial charge in [-0.15, -0.1) is 10.2 Å². The Hall–Kier alpha value is -3.64. The summed E-state index contributed by atoms with van der Waals surface area (Å²) in [5.74, 6) is 1.98. The van der Waals surface area contributed by atoms with Crippen molar-refractivity contribution in [1.29, 1.82) is 0 Å². The first-order valence-corrected chi connectivity index (χ1v) is 11.0. The van der Waals surface area contributed by atoms with Gasteiger partial charge in [0.1, 0.15) is 17.7 Å². The van der Waals surface area contributed by atoms with Gasteiger partial charge >= 0.3 is 0 Å². The van der Waals surface area contributed by atoms with E-state index in [4.69, 9.17) is 21.0 Å². The van der Waals surface area contributed by atoms with Crippen LogP contribution in [0.4, 0.5) is 11.5 Å². The Kier molecular flexibility index (Phi) is 3.62. The molecule has 7 heteroatoms. The average Bonchev–Trinajstić information content (AvgIpc) is 3.43. The number of anilines is 2. The molecule has 1 aliphatic rings. The summed E-state index contributed by atoms with van der Waals surface area (Å²) in [6.45, 7) is 0. The third kappa shape index (κ3) is 2.56. The van der Waals surface area contributed by atoms with Gasteiger partial charge in [0.25, 0.3) is 5.78 Å². The normalized spacial score (nSPS) is 14.2. The lowest BCUT2D eigenvalue weighted by molar-refractivity contribution is 0.668. The zero-order valence-corrected chi connectivity index (χ0v) is 18.0. The number of aromatic nitrogens is 4. The highest BCUT2D eigenvalue weighted by molar-refractivity contribution is 6.31. The first-order chi connectivity index (χ1) is 15.7. The Morgan fingerprint density at radius 3 is 2.78 bits per heavy atom. The molecule has 0 spiro atoms. The van der Waals surface area contributed by atoms with Crippen molar-refractivity contribution in [2.24, 2.45) is 0 Å². The van der Waals surface area contributed by atoms with Gasteiger partial charge in [0.05, 0.1) is 11.2 Å². The molecule has 1 aliphatic carbocycles. The van der Waals surface area contributed by atoms with Crippen LogP contribution in [0.25, 0.3) is 38.6 Å². The monoisotopic (exact) mass is 439 g/mol. The number of furan rings is 1. The largest absolute Gasteiger partial charge is 0.454 e. The molecule has 6 nitrogen and oxygen atoms in total. The van der Waals surface area contributed by atoms with Crippen molar-refractivity contribution in [1.82, 2.24) is 19.6 Å². The summed E-state index contributed by atoms with van der Waals surface area (Å²) in [5, 5.41) is 12.0. The molecule has 7 rings (SSSR count). The Balaban J connectivity index is 1.46. The number of para-hydroxylation sites is 1. The molecule has 0 amide bonds. The average molecular weight is 440 g/mol. The summed E-state index contributed by atoms with van der Waals surface area (Å²) >= 11 is 6.29. The van der Waals surface area contributed by atoms with E-state index in [1.165, 1.54) is 18.4 Å². The Labute approximate surface area is 188 Å². The second-order valence-electron chi connectivity index (χ2n) is 8.44. The Bertz CT molecular complexity index is 1680. The fourth-order valence-corrected chi connectivity index (χ4v) is 4.79. The van der Waals surface area contributed by atoms with Crippen molar-refractivity contribution in [3.05, 3.63) is 71.5 Å². The van der Waals surface area contributed by atoms with Crippen LogP contribution in [0.5, 0.6) is 0 Å². The maximum atomic E-state index is 6.42. The Morgan fingerprint density at radius 2 is 1.91 bits per heavy atom. The van der Waals surface area contributed by atoms with Crippen LogP contribution in [0, 0.1) is 0 Å². The van der Waals surface area contributed by atoms with Gasteiger partial charge in [-0.2, -0.15) is 4.98 Å². The first kappa shape index (κ1) is 18.0. The van der Waals surface area contributed by atoms with Crippen molar-refractivity contribution >= 4 is 61.7 Å². The highest BCUT2D eigenvalue weighted by Gasteiger charge is 2.25. The fourth-order valence-electron chi connectivity index (χ4n) is 4.63. The maximum absolute atomic E-state index is 6.42. The van der Waals surface area contributed by atoms with Crippen molar-refractivity contribution in [3.8, 4) is 0 Å². The molecule has 0 atom stereocenters. The minimum absolute atomic E-state index is 0.521. The van der Waals surface area contributed by atoms with E-state index in [0.717, 1.165) is 44.3 Å². The molecule has 3 aromatic heterocycles. The van der Waals surface area contributed by atoms with Crippen LogP contribution < -0.4 is 4.90 Å². The summed E-state index contributed by atoms with van der Waals surface area (Å²) in [6, 6.07) is 18.6. The van der Waals surface area contributed by atoms with Crippen LogP contribution in [0.2, 0.25) is 5.02 Å². The smallest absolute Gasteiger partial charge is 0.257 e. The molecule has 0 aliphatic heterocycles. The number of rotatable bonds is 3. The fraction of sp³-hybridized carbons (Fsp3) is 0.160. The van der Waals surface area contributed by atoms with E-state index in [9.17, 15) is 0 Å². The lowest BCUT2D eigenvalue weighted by atomic mass is 10.1. The zero-order valence-electron chi connectivity index (χ0n) is 17.3. The lowest BCUT2D eigenvalue weighted by Gasteiger charge is -2.20. The zero-order chi connectivity index (χ0) is 21.4. The van der Waals surface area contributed by atoms with E-state index in [1.807, 2.05) is 29.6 Å². The van der Waals surface area contributed by atoms with E-state index in [0.29, 0.717) is 16.7 Å². The molecule has 0 N–H and O–H groups in total. The SMILES string of the molecule is CN(c1nc2nncn2c2cc(Cl)ccc12)c1cccc2c1oc1cc(C3CC3)ccc12. The summed E-state index contributed by atoms with van der Waals surface area (Å²) in [6.07, 6.45) is 4.20. The van der Waals surface area contributed by atoms with Crippen LogP contribution in [-0.2, 0) is 0 Å². The van der Waals surface area contributed by atoms with Gasteiger partial charge < -0.3 is 9.32 Å². The number of halogens is 1. The minimum Gasteiger partial charge on any atom is -0.454 e. The number of hydrogen-bond acceptors (Lipinski definition) is 5. The third-order valence-corrected chi connectivity index (χ3v) is 6.66. The number of hydrogen-bond donors (Lipinski definition) is 0. The predicted octanol–water partition coefficient (Wildman–Crippen LogP) is 6.48. The van der Waals surface area contributed by atoms with Crippen molar-refractivity contribution in [2.45, 2.75) is 18.8 Å². The van der Waals surface area contributed by atoms with Gasteiger partial charge in [0, 0.05) is 28.2 Å². The van der Waals surface area contributed by atoms with Crippen LogP contribution in [0.3, 0.4) is 0 Å². The molecule has 0 radical (unpaired) electrons. The molecule has 1 fully saturated rings. The molecule has 1 saturated carbocycles. The third-order valence-electron chi connectivity index (χ3n) is 6.43. The van der Waals surface area contributed by atoms with E-state index in [1.54, 1.807) is 6.33 Å². The maximum Gasteiger partial charge on any atom is 0.257 e. The van der Waals surface area contributed by atoms with Crippen LogP contribution in [-0.4, -0.2) is 26.6 Å². The van der Waals surface area contributed by atoms with Crippen molar-refractivity contribution in [2.75, 3.05) is 11.9 Å². The van der Waals surface area contributed by atoms with Gasteiger partial charge in [0.15, 0.2) is 5.58 Å². The van der Waals surface area contributed by atoms with E-state index in [-0.39, 0.29) is 0 Å². The van der Waals surface area contributed by atoms with E-state index >= 15 is 0 Å². The molecule has 3 heterocycles. The van der Waals surface area contributed by atoms with Gasteiger partial charge in [-0.25, -0.2) is 0 Å². The summed E-state index contributed by atoms with van der Waals surface area (Å²) < 4.78 is 8.27. The second kappa shape index (κ2) is 6.43. The molecule has 0 bridgehead atoms. The second-order valence-corrected chi connectivity index (χ2v) is 8.88. The molecule has 32 heavy (non-hydrogen) atoms. The summed E-state index contributed by atoms with van der Waals surface area (Å²) in [4.78, 5) is 6.86. The highest BCUT2D eigenvalue weighted by Crippen LogP contribution is 2.43. The topological polar surface area (TPSA) is 59.5 Å². The molecular formula is C25H18ClN5O. The lowest BCUT2D eigenvalue weighted by Crippen LogP contribution is -2.13. The summed E-state index contributed by atoms with van der Waals surface area (Å²) in [5.41, 5.74) is 5.00. The van der Waals surface area contributed by atoms with E-state index < -0.39 is 0 Å². The van der Waals surface area contributed by atoms with Crippen molar-refractivity contribution < 1.29 is 4.42 Å². The van der Waals surface area contributed by atoms with Gasteiger partial charge in [0.2, 0.25) is 0 Å². The molecular weight excluding hydrogens is 422 g/mol. The van der Waals surface area contributed by atoms with Crippen molar-refractivity contribution in [3.63, 3.8) is 0 Å². The highest BCUT2D eigenvalue weighted by atomic mass is 35.5. The van der Waals surface area contributed by atoms with Crippen LogP contribution in [0.1, 0.15) is 24.3 Å². The van der Waals surface area contributed by atoms with Gasteiger partial charge in [-0.3, -0.25) is 4.40 Å². The predicted molar refractivity (Wildman–Crippen MR) is 127 cm³/mol. The van der Waals surface area contributed by atoms with E-state index in [2.05, 4.69) is 51.5 Å². The van der Waals surface area contributed by atoms with Crippen LogP contribution >= 0.6 is 11.6 Å². The quantitative estimate of drug-likeness (QED) is 0.316. The standard InChI is InChI=1S/C25H18ClN5O/c1-30(24-19-10-8-16(26)12-21(19)31-13-27-29-25(31)28-24)20-4-2-3-18-17-9-7-15(14-5-6-14)11-22(17)32-23(18)20/h2-4,7-14H,5-6H2,1H3. The molecule has 0 saturated heterocycles. The number of fused-ring (bicyclic) bond motifs is 6. The summed E-state index contributed by atoms with van der Waals surface area (Å²) in [7, 11) is 2.00. The Morgan fingerprint density at radius 1 is 1.03 bits per heavy atom. The molecule has 3 aromatic carbocycles. The van der Waals surface area contributed by atoms with Gasteiger partial charge in [-0.05, 0) is 54.7 Å². The molecule has 6 aromatic rings. The first-order valence-electron chi connectivity index (χ1n) is 10.7.